The fourth-order valence-corrected chi connectivity index (χ4v) is 4.85. The molecule has 3 N–H and O–H groups in total. The molecule has 3 aromatic rings. The number of anilines is 1. The number of carbonyl (C=O) groups is 1. The quantitative estimate of drug-likeness (QED) is 0.584. The third-order valence-corrected chi connectivity index (χ3v) is 6.40. The summed E-state index contributed by atoms with van der Waals surface area (Å²) in [5.74, 6) is 0. The molecule has 0 bridgehead atoms. The van der Waals surface area contributed by atoms with Crippen molar-refractivity contribution in [1.29, 1.82) is 0 Å². The van der Waals surface area contributed by atoms with E-state index in [1.54, 1.807) is 23.5 Å². The third-order valence-electron chi connectivity index (χ3n) is 5.18. The van der Waals surface area contributed by atoms with Crippen LogP contribution in [0, 0.1) is 0 Å². The lowest BCUT2D eigenvalue weighted by Crippen LogP contribution is -3.12. The molecule has 0 spiro atoms. The van der Waals surface area contributed by atoms with Crippen LogP contribution in [0.3, 0.4) is 0 Å². The molecule has 0 saturated heterocycles. The van der Waals surface area contributed by atoms with Crippen LogP contribution in [-0.4, -0.2) is 19.1 Å². The van der Waals surface area contributed by atoms with Gasteiger partial charge in [0.05, 0.1) is 18.0 Å². The van der Waals surface area contributed by atoms with Gasteiger partial charge in [-0.15, -0.1) is 11.3 Å². The van der Waals surface area contributed by atoms with Gasteiger partial charge in [0.1, 0.15) is 12.6 Å². The molecule has 0 saturated carbocycles. The molecule has 1 unspecified atom stereocenters. The zero-order valence-corrected chi connectivity index (χ0v) is 17.0. The van der Waals surface area contributed by atoms with Crippen LogP contribution in [-0.2, 0) is 13.0 Å². The fourth-order valence-electron chi connectivity index (χ4n) is 3.77. The van der Waals surface area contributed by atoms with Crippen LogP contribution in [0.2, 0.25) is 5.02 Å². The van der Waals surface area contributed by atoms with Crippen molar-refractivity contribution >= 4 is 34.7 Å². The number of rotatable bonds is 5. The number of benzene rings is 2. The van der Waals surface area contributed by atoms with E-state index in [0.717, 1.165) is 19.5 Å². The number of quaternary nitrogens is 1. The molecule has 0 fully saturated rings. The van der Waals surface area contributed by atoms with Crippen molar-refractivity contribution < 1.29 is 9.69 Å². The predicted octanol–water partition coefficient (Wildman–Crippen LogP) is 3.91. The molecule has 1 aromatic heterocycles. The normalized spacial score (nSPS) is 16.8. The summed E-state index contributed by atoms with van der Waals surface area (Å²) < 4.78 is 0. The molecule has 1 aliphatic heterocycles. The maximum absolute atomic E-state index is 12.4. The molecule has 2 aromatic carbocycles. The van der Waals surface area contributed by atoms with E-state index in [0.29, 0.717) is 17.3 Å². The number of hydrogen-bond acceptors (Lipinski definition) is 2. The van der Waals surface area contributed by atoms with Gasteiger partial charge in [0.2, 0.25) is 0 Å². The van der Waals surface area contributed by atoms with Crippen molar-refractivity contribution in [1.82, 2.24) is 5.32 Å². The number of thiophene rings is 1. The largest absolute Gasteiger partial charge is 0.331 e. The minimum atomic E-state index is -0.208. The Morgan fingerprint density at radius 3 is 2.75 bits per heavy atom. The number of nitrogens with one attached hydrogen (secondary N) is 3. The van der Waals surface area contributed by atoms with Crippen LogP contribution in [0.15, 0.2) is 66.0 Å². The van der Waals surface area contributed by atoms with E-state index in [9.17, 15) is 4.79 Å². The summed E-state index contributed by atoms with van der Waals surface area (Å²) in [4.78, 5) is 15.2. The monoisotopic (exact) mass is 412 g/mol. The molecule has 0 radical (unpaired) electrons. The molecule has 144 valence electrons. The number of carbonyl (C=O) groups excluding carboxylic acids is 1. The first-order valence-corrected chi connectivity index (χ1v) is 10.7. The van der Waals surface area contributed by atoms with E-state index in [1.807, 2.05) is 12.1 Å². The first kappa shape index (κ1) is 19.0. The molecule has 4 nitrogen and oxygen atoms in total. The van der Waals surface area contributed by atoms with Crippen LogP contribution in [0.4, 0.5) is 10.5 Å². The third kappa shape index (κ3) is 4.55. The van der Waals surface area contributed by atoms with E-state index < -0.39 is 0 Å². The van der Waals surface area contributed by atoms with Gasteiger partial charge in [-0.05, 0) is 35.2 Å². The fraction of sp³-hybridized carbons (Fsp3) is 0.227. The van der Waals surface area contributed by atoms with Gasteiger partial charge in [-0.25, -0.2) is 4.79 Å². The summed E-state index contributed by atoms with van der Waals surface area (Å²) in [6.45, 7) is 2.64. The van der Waals surface area contributed by atoms with Gasteiger partial charge in [-0.2, -0.15) is 0 Å². The first-order chi connectivity index (χ1) is 13.7. The summed E-state index contributed by atoms with van der Waals surface area (Å²) in [5.41, 5.74) is 3.55. The highest BCUT2D eigenvalue weighted by molar-refractivity contribution is 7.10. The van der Waals surface area contributed by atoms with Gasteiger partial charge in [0, 0.05) is 22.7 Å². The average molecular weight is 413 g/mol. The van der Waals surface area contributed by atoms with Crippen molar-refractivity contribution in [2.45, 2.75) is 19.0 Å². The molecule has 2 atom stereocenters. The zero-order valence-electron chi connectivity index (χ0n) is 15.5. The molecule has 1 aliphatic rings. The van der Waals surface area contributed by atoms with Gasteiger partial charge < -0.3 is 15.5 Å². The maximum atomic E-state index is 12.4. The van der Waals surface area contributed by atoms with E-state index in [1.165, 1.54) is 20.9 Å². The summed E-state index contributed by atoms with van der Waals surface area (Å²) in [6.07, 6.45) is 1.07. The number of amides is 2. The Morgan fingerprint density at radius 2 is 1.96 bits per heavy atom. The summed E-state index contributed by atoms with van der Waals surface area (Å²) in [6, 6.07) is 20.1. The Hall–Kier alpha value is -2.34. The van der Waals surface area contributed by atoms with Crippen molar-refractivity contribution in [3.05, 3.63) is 87.1 Å². The maximum Gasteiger partial charge on any atom is 0.319 e. The molecule has 4 rings (SSSR count). The molecule has 2 amide bonds. The molecular weight excluding hydrogens is 390 g/mol. The molecule has 2 heterocycles. The van der Waals surface area contributed by atoms with Gasteiger partial charge in [0.25, 0.3) is 0 Å². The lowest BCUT2D eigenvalue weighted by molar-refractivity contribution is -0.945. The van der Waals surface area contributed by atoms with E-state index in [4.69, 9.17) is 11.6 Å². The van der Waals surface area contributed by atoms with E-state index in [-0.39, 0.29) is 12.1 Å². The second-order valence-corrected chi connectivity index (χ2v) is 8.43. The standard InChI is InChI=1S/C22H22ClN3OS/c23-18-7-3-8-19(13-18)25-22(27)24-14-20(21-9-4-12-28-21)26-11-10-16-5-1-2-6-17(16)15-26/h1-9,12-13,20H,10-11,14-15H2,(H2,24,25,27)/p+1/t20-/m0/s1. The highest BCUT2D eigenvalue weighted by Gasteiger charge is 2.29. The second kappa shape index (κ2) is 8.78. The zero-order chi connectivity index (χ0) is 19.3. The Balaban J connectivity index is 1.43. The highest BCUT2D eigenvalue weighted by Crippen LogP contribution is 2.19. The Bertz CT molecular complexity index is 944. The second-order valence-electron chi connectivity index (χ2n) is 7.02. The minimum Gasteiger partial charge on any atom is -0.331 e. The SMILES string of the molecule is O=C(NC[C@@H](c1cccs1)[NH+]1CCc2ccccc2C1)Nc1cccc(Cl)c1. The number of fused-ring (bicyclic) bond motifs is 1. The van der Waals surface area contributed by atoms with Crippen LogP contribution in [0.25, 0.3) is 0 Å². The highest BCUT2D eigenvalue weighted by atomic mass is 35.5. The van der Waals surface area contributed by atoms with Crippen LogP contribution in [0.1, 0.15) is 22.0 Å². The van der Waals surface area contributed by atoms with Crippen LogP contribution < -0.4 is 15.5 Å². The number of halogens is 1. The minimum absolute atomic E-state index is 0.208. The van der Waals surface area contributed by atoms with E-state index in [2.05, 4.69) is 52.4 Å². The Labute approximate surface area is 174 Å². The number of urea groups is 1. The summed E-state index contributed by atoms with van der Waals surface area (Å²) in [5, 5.41) is 8.62. The smallest absolute Gasteiger partial charge is 0.319 e. The summed E-state index contributed by atoms with van der Waals surface area (Å²) in [7, 11) is 0. The molecule has 28 heavy (non-hydrogen) atoms. The Kier molecular flexibility index (Phi) is 5.95. The summed E-state index contributed by atoms with van der Waals surface area (Å²) >= 11 is 7.75. The van der Waals surface area contributed by atoms with E-state index >= 15 is 0 Å². The Morgan fingerprint density at radius 1 is 1.11 bits per heavy atom. The van der Waals surface area contributed by atoms with Crippen molar-refractivity contribution in [2.75, 3.05) is 18.4 Å². The van der Waals surface area contributed by atoms with Gasteiger partial charge in [-0.3, -0.25) is 0 Å². The van der Waals surface area contributed by atoms with Gasteiger partial charge >= 0.3 is 6.03 Å². The van der Waals surface area contributed by atoms with Crippen molar-refractivity contribution in [2.24, 2.45) is 0 Å². The van der Waals surface area contributed by atoms with Crippen LogP contribution >= 0.6 is 22.9 Å². The topological polar surface area (TPSA) is 45.6 Å². The molecular formula is C22H23ClN3OS+. The molecule has 0 aliphatic carbocycles. The van der Waals surface area contributed by atoms with Crippen molar-refractivity contribution in [3.8, 4) is 0 Å². The molecule has 6 heteroatoms. The van der Waals surface area contributed by atoms with Crippen molar-refractivity contribution in [3.63, 3.8) is 0 Å². The lowest BCUT2D eigenvalue weighted by Gasteiger charge is -2.32. The first-order valence-electron chi connectivity index (χ1n) is 9.44. The predicted molar refractivity (Wildman–Crippen MR) is 115 cm³/mol. The van der Waals surface area contributed by atoms with Crippen LogP contribution in [0.5, 0.6) is 0 Å². The van der Waals surface area contributed by atoms with Gasteiger partial charge in [-0.1, -0.05) is 48.0 Å². The number of hydrogen-bond donors (Lipinski definition) is 3. The average Bonchev–Trinajstić information content (AvgIpc) is 3.22. The van der Waals surface area contributed by atoms with Gasteiger partial charge in [0.15, 0.2) is 0 Å². The lowest BCUT2D eigenvalue weighted by atomic mass is 9.98.